The van der Waals surface area contributed by atoms with Crippen molar-refractivity contribution in [3.05, 3.63) is 11.3 Å². The molecule has 0 saturated heterocycles. The molecule has 150 valence electrons. The van der Waals surface area contributed by atoms with Crippen LogP contribution in [0.2, 0.25) is 0 Å². The van der Waals surface area contributed by atoms with E-state index in [-0.39, 0.29) is 0 Å². The Morgan fingerprint density at radius 1 is 1.30 bits per heavy atom. The van der Waals surface area contributed by atoms with Crippen LogP contribution in [0, 0.1) is 11.8 Å². The van der Waals surface area contributed by atoms with Crippen molar-refractivity contribution in [3.8, 4) is 0 Å². The van der Waals surface area contributed by atoms with Crippen molar-refractivity contribution in [3.63, 3.8) is 0 Å². The fourth-order valence-corrected chi connectivity index (χ4v) is 4.78. The molecule has 1 aliphatic heterocycles. The van der Waals surface area contributed by atoms with Gasteiger partial charge < -0.3 is 10.1 Å². The van der Waals surface area contributed by atoms with Gasteiger partial charge in [-0.3, -0.25) is 0 Å². The Bertz CT molecular complexity index is 691. The number of aryl methyl sites for hydroxylation is 1. The van der Waals surface area contributed by atoms with Crippen LogP contribution in [-0.4, -0.2) is 34.7 Å². The minimum absolute atomic E-state index is 0.332. The second-order valence-electron chi connectivity index (χ2n) is 8.90. The first-order chi connectivity index (χ1) is 13.1. The summed E-state index contributed by atoms with van der Waals surface area (Å²) in [4.78, 5) is 4.90. The molecule has 0 aromatic carbocycles. The molecule has 27 heavy (non-hydrogen) atoms. The molecule has 4 atom stereocenters. The van der Waals surface area contributed by atoms with Gasteiger partial charge in [0.15, 0.2) is 5.82 Å². The molecule has 2 fully saturated rings. The van der Waals surface area contributed by atoms with E-state index >= 15 is 0 Å². The summed E-state index contributed by atoms with van der Waals surface area (Å²) in [5, 5.41) is 8.77. The highest BCUT2D eigenvalue weighted by molar-refractivity contribution is 5.86. The summed E-state index contributed by atoms with van der Waals surface area (Å²) in [6, 6.07) is 1.03. The van der Waals surface area contributed by atoms with Crippen molar-refractivity contribution in [2.45, 2.75) is 96.9 Å². The van der Waals surface area contributed by atoms with E-state index in [1.54, 1.807) is 0 Å². The number of nitrogens with zero attached hydrogens (tertiary/aromatic N) is 3. The Morgan fingerprint density at radius 2 is 2.11 bits per heavy atom. The van der Waals surface area contributed by atoms with Crippen LogP contribution in [0.1, 0.15) is 83.0 Å². The van der Waals surface area contributed by atoms with Crippen molar-refractivity contribution in [1.82, 2.24) is 15.1 Å². The van der Waals surface area contributed by atoms with Crippen LogP contribution in [0.4, 0.5) is 5.82 Å². The molecule has 0 radical (unpaired) electrons. The second-order valence-corrected chi connectivity index (χ2v) is 8.90. The monoisotopic (exact) mass is 372 g/mol. The van der Waals surface area contributed by atoms with Crippen molar-refractivity contribution in [2.24, 2.45) is 16.8 Å². The quantitative estimate of drug-likeness (QED) is 0.654. The zero-order chi connectivity index (χ0) is 19.0. The normalized spacial score (nSPS) is 26.4. The molecular weight excluding hydrogens is 336 g/mol. The second kappa shape index (κ2) is 8.04. The van der Waals surface area contributed by atoms with Crippen LogP contribution in [-0.2, 0) is 17.7 Å². The first-order valence-corrected chi connectivity index (χ1v) is 11.0. The molecule has 2 saturated carbocycles. The van der Waals surface area contributed by atoms with Crippen LogP contribution in [0.5, 0.6) is 0 Å². The number of ether oxygens (including phenoxy) is 1. The lowest BCUT2D eigenvalue weighted by Crippen LogP contribution is -2.22. The van der Waals surface area contributed by atoms with Gasteiger partial charge in [-0.05, 0) is 70.6 Å². The first-order valence-electron chi connectivity index (χ1n) is 11.0. The van der Waals surface area contributed by atoms with E-state index in [1.165, 1.54) is 55.5 Å². The van der Waals surface area contributed by atoms with Gasteiger partial charge in [0.25, 0.3) is 0 Å². The minimum atomic E-state index is 0.332. The number of methoxy groups -OCH3 is 1. The minimum Gasteiger partial charge on any atom is -0.381 e. The Kier molecular flexibility index (Phi) is 5.70. The first kappa shape index (κ1) is 19.1. The molecule has 3 aliphatic rings. The van der Waals surface area contributed by atoms with Gasteiger partial charge in [-0.2, -0.15) is 5.10 Å². The Hall–Kier alpha value is -1.20. The maximum absolute atomic E-state index is 5.53. The number of hydrogen-bond donors (Lipinski definition) is 1. The molecule has 5 heteroatoms. The van der Waals surface area contributed by atoms with Gasteiger partial charge in [0.05, 0.1) is 11.8 Å². The number of nitrogens with one attached hydrogen (secondary N) is 1. The number of fused-ring (bicyclic) bond motifs is 1. The molecule has 2 aliphatic carbocycles. The van der Waals surface area contributed by atoms with Gasteiger partial charge in [-0.1, -0.05) is 13.3 Å². The SMILES string of the molecule is CCC(CCCn1nc([C@@H](C)NC2CC2)c2c1N=C(C)CC2)C1CC1OC. The van der Waals surface area contributed by atoms with Crippen LogP contribution in [0.15, 0.2) is 4.99 Å². The van der Waals surface area contributed by atoms with Crippen LogP contribution in [0.25, 0.3) is 0 Å². The van der Waals surface area contributed by atoms with Crippen LogP contribution in [0.3, 0.4) is 0 Å². The smallest absolute Gasteiger partial charge is 0.153 e. The average Bonchev–Trinajstić information content (AvgIpc) is 3.58. The fraction of sp³-hybridized carbons (Fsp3) is 0.818. The lowest BCUT2D eigenvalue weighted by atomic mass is 9.95. The highest BCUT2D eigenvalue weighted by Crippen LogP contribution is 2.43. The number of aromatic nitrogens is 2. The Balaban J connectivity index is 1.43. The van der Waals surface area contributed by atoms with Crippen LogP contribution < -0.4 is 5.32 Å². The highest BCUT2D eigenvalue weighted by atomic mass is 16.5. The van der Waals surface area contributed by atoms with E-state index in [0.717, 1.165) is 37.0 Å². The molecule has 0 bridgehead atoms. The molecular formula is C22H36N4O. The van der Waals surface area contributed by atoms with E-state index in [0.29, 0.717) is 18.2 Å². The lowest BCUT2D eigenvalue weighted by Gasteiger charge is -2.16. The predicted molar refractivity (Wildman–Crippen MR) is 110 cm³/mol. The summed E-state index contributed by atoms with van der Waals surface area (Å²) in [6.45, 7) is 7.72. The van der Waals surface area contributed by atoms with E-state index < -0.39 is 0 Å². The summed E-state index contributed by atoms with van der Waals surface area (Å²) in [7, 11) is 1.85. The largest absolute Gasteiger partial charge is 0.381 e. The van der Waals surface area contributed by atoms with Gasteiger partial charge in [-0.25, -0.2) is 9.67 Å². The fourth-order valence-electron chi connectivity index (χ4n) is 4.78. The van der Waals surface area contributed by atoms with E-state index in [1.807, 2.05) is 7.11 Å². The van der Waals surface area contributed by atoms with Gasteiger partial charge >= 0.3 is 0 Å². The van der Waals surface area contributed by atoms with Gasteiger partial charge in [0, 0.05) is 37.0 Å². The van der Waals surface area contributed by atoms with Crippen molar-refractivity contribution in [1.29, 1.82) is 0 Å². The third-order valence-electron chi connectivity index (χ3n) is 6.72. The molecule has 5 nitrogen and oxygen atoms in total. The predicted octanol–water partition coefficient (Wildman–Crippen LogP) is 4.58. The summed E-state index contributed by atoms with van der Waals surface area (Å²) >= 11 is 0. The van der Waals surface area contributed by atoms with Crippen molar-refractivity contribution >= 4 is 11.5 Å². The van der Waals surface area contributed by atoms with Gasteiger partial charge in [-0.15, -0.1) is 0 Å². The van der Waals surface area contributed by atoms with E-state index in [2.05, 4.69) is 30.8 Å². The standard InChI is InChI=1S/C22H36N4O/c1-5-16(19-13-20(19)27-4)7-6-12-26-22-18(11-8-14(2)23-22)21(25-26)15(3)24-17-9-10-17/h15-17,19-20,24H,5-13H2,1-4H3/t15-,16?,19?,20?/m1/s1. The summed E-state index contributed by atoms with van der Waals surface area (Å²) in [5.74, 6) is 2.71. The third-order valence-corrected chi connectivity index (χ3v) is 6.72. The lowest BCUT2D eigenvalue weighted by molar-refractivity contribution is 0.154. The number of hydrogen-bond acceptors (Lipinski definition) is 4. The maximum Gasteiger partial charge on any atom is 0.153 e. The molecule has 0 amide bonds. The Labute approximate surface area is 164 Å². The van der Waals surface area contributed by atoms with Crippen molar-refractivity contribution < 1.29 is 4.74 Å². The zero-order valence-corrected chi connectivity index (χ0v) is 17.5. The Morgan fingerprint density at radius 3 is 2.78 bits per heavy atom. The van der Waals surface area contributed by atoms with Crippen LogP contribution >= 0.6 is 0 Å². The molecule has 3 unspecified atom stereocenters. The topological polar surface area (TPSA) is 51.4 Å². The molecule has 0 spiro atoms. The maximum atomic E-state index is 5.53. The summed E-state index contributed by atoms with van der Waals surface area (Å²) in [5.41, 5.74) is 3.86. The van der Waals surface area contributed by atoms with E-state index in [4.69, 9.17) is 14.8 Å². The average molecular weight is 373 g/mol. The molecule has 2 heterocycles. The molecule has 1 N–H and O–H groups in total. The molecule has 4 rings (SSSR count). The highest BCUT2D eigenvalue weighted by Gasteiger charge is 2.42. The third kappa shape index (κ3) is 4.29. The molecule has 1 aromatic heterocycles. The van der Waals surface area contributed by atoms with Gasteiger partial charge in [0.2, 0.25) is 0 Å². The zero-order valence-electron chi connectivity index (χ0n) is 17.5. The summed E-state index contributed by atoms with van der Waals surface area (Å²) in [6.07, 6.45) is 10.3. The van der Waals surface area contributed by atoms with Gasteiger partial charge in [0.1, 0.15) is 0 Å². The van der Waals surface area contributed by atoms with E-state index in [9.17, 15) is 0 Å². The number of rotatable bonds is 10. The van der Waals surface area contributed by atoms with Crippen molar-refractivity contribution in [2.75, 3.05) is 7.11 Å². The number of aliphatic imine (C=N–C) groups is 1. The molecule has 1 aromatic rings. The summed E-state index contributed by atoms with van der Waals surface area (Å²) < 4.78 is 7.73.